The predicted molar refractivity (Wildman–Crippen MR) is 105 cm³/mol. The molecule has 0 saturated heterocycles. The lowest BCUT2D eigenvalue weighted by atomic mass is 10.0. The van der Waals surface area contributed by atoms with E-state index in [1.165, 1.54) is 12.1 Å². The quantitative estimate of drug-likeness (QED) is 0.548. The lowest BCUT2D eigenvalue weighted by Gasteiger charge is -2.18. The monoisotopic (exact) mass is 405 g/mol. The molecule has 0 amide bonds. The van der Waals surface area contributed by atoms with Gasteiger partial charge in [-0.3, -0.25) is 0 Å². The number of ether oxygens (including phenoxy) is 1. The Morgan fingerprint density at radius 2 is 1.93 bits per heavy atom. The Bertz CT molecular complexity index is 999. The average molecular weight is 405 g/mol. The van der Waals surface area contributed by atoms with E-state index in [4.69, 9.17) is 4.74 Å². The lowest BCUT2D eigenvalue weighted by Crippen LogP contribution is -2.16. The van der Waals surface area contributed by atoms with Crippen molar-refractivity contribution in [1.29, 1.82) is 0 Å². The molecule has 2 heterocycles. The molecule has 6 nitrogen and oxygen atoms in total. The van der Waals surface area contributed by atoms with Crippen molar-refractivity contribution >= 4 is 16.7 Å². The average Bonchev–Trinajstić information content (AvgIpc) is 2.68. The molecule has 0 radical (unpaired) electrons. The van der Waals surface area contributed by atoms with Crippen LogP contribution in [0.4, 0.5) is 19.0 Å². The number of alkyl halides is 2. The van der Waals surface area contributed by atoms with Gasteiger partial charge in [0.2, 0.25) is 5.88 Å². The van der Waals surface area contributed by atoms with E-state index in [0.29, 0.717) is 41.6 Å². The van der Waals surface area contributed by atoms with E-state index in [2.05, 4.69) is 25.6 Å². The second kappa shape index (κ2) is 9.04. The number of aryl methyl sites for hydroxylation is 1. The van der Waals surface area contributed by atoms with Gasteiger partial charge in [0.1, 0.15) is 24.1 Å². The summed E-state index contributed by atoms with van der Waals surface area (Å²) < 4.78 is 46.2. The Labute approximate surface area is 166 Å². The zero-order valence-electron chi connectivity index (χ0n) is 16.3. The van der Waals surface area contributed by atoms with Gasteiger partial charge in [0, 0.05) is 23.6 Å². The number of hydrogen-bond donors (Lipinski definition) is 2. The Balaban J connectivity index is 1.94. The maximum Gasteiger partial charge on any atom is 0.266 e. The van der Waals surface area contributed by atoms with Gasteiger partial charge >= 0.3 is 0 Å². The molecule has 29 heavy (non-hydrogen) atoms. The SMILES string of the molecule is CNCCOc1cc2c(N[C@H](C)c3cccc(C(F)F)c3F)nc(C)nc2cn1. The van der Waals surface area contributed by atoms with Gasteiger partial charge in [-0.05, 0) is 20.9 Å². The molecule has 154 valence electrons. The van der Waals surface area contributed by atoms with Crippen LogP contribution >= 0.6 is 0 Å². The summed E-state index contributed by atoms with van der Waals surface area (Å²) in [6.45, 7) is 4.51. The minimum atomic E-state index is -2.88. The van der Waals surface area contributed by atoms with Crippen LogP contribution in [0.2, 0.25) is 0 Å². The second-order valence-corrected chi connectivity index (χ2v) is 6.53. The van der Waals surface area contributed by atoms with Gasteiger partial charge in [-0.15, -0.1) is 0 Å². The third-order valence-electron chi connectivity index (χ3n) is 4.38. The minimum Gasteiger partial charge on any atom is -0.476 e. The van der Waals surface area contributed by atoms with Crippen molar-refractivity contribution < 1.29 is 17.9 Å². The van der Waals surface area contributed by atoms with Crippen LogP contribution in [0.1, 0.15) is 36.3 Å². The number of hydrogen-bond acceptors (Lipinski definition) is 6. The number of fused-ring (bicyclic) bond motifs is 1. The van der Waals surface area contributed by atoms with E-state index in [1.807, 2.05) is 7.05 Å². The number of nitrogens with one attached hydrogen (secondary N) is 2. The smallest absolute Gasteiger partial charge is 0.266 e. The number of rotatable bonds is 8. The van der Waals surface area contributed by atoms with Crippen LogP contribution in [0, 0.1) is 12.7 Å². The Kier molecular flexibility index (Phi) is 6.48. The van der Waals surface area contributed by atoms with Crippen molar-refractivity contribution in [3.8, 4) is 5.88 Å². The summed E-state index contributed by atoms with van der Waals surface area (Å²) >= 11 is 0. The number of likely N-dealkylation sites (N-methyl/N-ethyl adjacent to an activating group) is 1. The first-order chi connectivity index (χ1) is 13.9. The van der Waals surface area contributed by atoms with Gasteiger partial charge in [-0.25, -0.2) is 28.1 Å². The molecule has 3 aromatic rings. The zero-order chi connectivity index (χ0) is 21.0. The molecular formula is C20H22F3N5O. The van der Waals surface area contributed by atoms with E-state index in [-0.39, 0.29) is 5.56 Å². The molecule has 0 saturated carbocycles. The summed E-state index contributed by atoms with van der Waals surface area (Å²) in [4.78, 5) is 13.0. The molecule has 9 heteroatoms. The summed E-state index contributed by atoms with van der Waals surface area (Å²) in [5.41, 5.74) is 0.103. The molecule has 1 aromatic carbocycles. The van der Waals surface area contributed by atoms with Crippen molar-refractivity contribution in [1.82, 2.24) is 20.3 Å². The van der Waals surface area contributed by atoms with E-state index in [9.17, 15) is 13.2 Å². The highest BCUT2D eigenvalue weighted by molar-refractivity contribution is 5.89. The maximum atomic E-state index is 14.5. The molecule has 2 N–H and O–H groups in total. The van der Waals surface area contributed by atoms with Crippen molar-refractivity contribution in [3.05, 3.63) is 53.2 Å². The number of halogens is 3. The van der Waals surface area contributed by atoms with Crippen LogP contribution in [-0.4, -0.2) is 35.2 Å². The first kappa shape index (κ1) is 20.8. The van der Waals surface area contributed by atoms with Gasteiger partial charge in [0.05, 0.1) is 23.3 Å². The standard InChI is InChI=1S/C20H22F3N5O/c1-11(13-5-4-6-14(18(13)21)19(22)23)26-20-15-9-17(29-8-7-24-3)25-10-16(15)27-12(2)28-20/h4-6,9-11,19,24H,7-8H2,1-3H3,(H,26,27,28)/t11-/m1/s1. The van der Waals surface area contributed by atoms with Crippen molar-refractivity contribution in [3.63, 3.8) is 0 Å². The topological polar surface area (TPSA) is 72.0 Å². The van der Waals surface area contributed by atoms with Crippen LogP contribution in [0.15, 0.2) is 30.5 Å². The summed E-state index contributed by atoms with van der Waals surface area (Å²) in [7, 11) is 1.82. The molecule has 3 rings (SSSR count). The lowest BCUT2D eigenvalue weighted by molar-refractivity contribution is 0.146. The summed E-state index contributed by atoms with van der Waals surface area (Å²) in [6, 6.07) is 5.07. The van der Waals surface area contributed by atoms with Gasteiger partial charge in [0.15, 0.2) is 0 Å². The number of nitrogens with zero attached hydrogens (tertiary/aromatic N) is 3. The van der Waals surface area contributed by atoms with Crippen molar-refractivity contribution in [2.24, 2.45) is 0 Å². The summed E-state index contributed by atoms with van der Waals surface area (Å²) in [5.74, 6) is 0.430. The molecule has 2 aromatic heterocycles. The molecule has 0 aliphatic heterocycles. The first-order valence-corrected chi connectivity index (χ1v) is 9.15. The fraction of sp³-hybridized carbons (Fsp3) is 0.350. The van der Waals surface area contributed by atoms with E-state index in [0.717, 1.165) is 6.07 Å². The fourth-order valence-electron chi connectivity index (χ4n) is 2.93. The molecule has 0 fully saturated rings. The summed E-state index contributed by atoms with van der Waals surface area (Å²) in [6.07, 6.45) is -1.31. The molecule has 0 bridgehead atoms. The molecule has 1 atom stereocenters. The highest BCUT2D eigenvalue weighted by Crippen LogP contribution is 2.30. The first-order valence-electron chi connectivity index (χ1n) is 9.15. The maximum absolute atomic E-state index is 14.5. The van der Waals surface area contributed by atoms with Crippen molar-refractivity contribution in [2.45, 2.75) is 26.3 Å². The number of aromatic nitrogens is 3. The molecular weight excluding hydrogens is 383 g/mol. The summed E-state index contributed by atoms with van der Waals surface area (Å²) in [5, 5.41) is 6.73. The number of pyridine rings is 1. The molecule has 0 aliphatic rings. The Hall–Kier alpha value is -2.94. The van der Waals surface area contributed by atoms with Crippen molar-refractivity contribution in [2.75, 3.05) is 25.5 Å². The van der Waals surface area contributed by atoms with Gasteiger partial charge < -0.3 is 15.4 Å². The highest BCUT2D eigenvalue weighted by atomic mass is 19.3. The van der Waals surface area contributed by atoms with Crippen LogP contribution < -0.4 is 15.4 Å². The number of benzene rings is 1. The fourth-order valence-corrected chi connectivity index (χ4v) is 2.93. The van der Waals surface area contributed by atoms with E-state index >= 15 is 0 Å². The van der Waals surface area contributed by atoms with Gasteiger partial charge in [-0.1, -0.05) is 18.2 Å². The molecule has 0 spiro atoms. The third-order valence-corrected chi connectivity index (χ3v) is 4.38. The van der Waals surface area contributed by atoms with Crippen LogP contribution in [0.3, 0.4) is 0 Å². The Morgan fingerprint density at radius 3 is 2.66 bits per heavy atom. The van der Waals surface area contributed by atoms with Crippen LogP contribution in [-0.2, 0) is 0 Å². The third kappa shape index (κ3) is 4.73. The zero-order valence-corrected chi connectivity index (χ0v) is 16.3. The second-order valence-electron chi connectivity index (χ2n) is 6.53. The van der Waals surface area contributed by atoms with Gasteiger partial charge in [-0.2, -0.15) is 0 Å². The Morgan fingerprint density at radius 1 is 1.17 bits per heavy atom. The van der Waals surface area contributed by atoms with Crippen LogP contribution in [0.5, 0.6) is 5.88 Å². The largest absolute Gasteiger partial charge is 0.476 e. The minimum absolute atomic E-state index is 0.131. The van der Waals surface area contributed by atoms with E-state index in [1.54, 1.807) is 26.1 Å². The highest BCUT2D eigenvalue weighted by Gasteiger charge is 2.20. The molecule has 0 aliphatic carbocycles. The predicted octanol–water partition coefficient (Wildman–Crippen LogP) is 4.18. The molecule has 0 unspecified atom stereocenters. The van der Waals surface area contributed by atoms with Gasteiger partial charge in [0.25, 0.3) is 6.43 Å². The normalized spacial score (nSPS) is 12.4. The number of anilines is 1. The van der Waals surface area contributed by atoms with E-state index < -0.39 is 23.8 Å². The van der Waals surface area contributed by atoms with Crippen LogP contribution in [0.25, 0.3) is 10.9 Å².